The van der Waals surface area contributed by atoms with E-state index in [1.54, 1.807) is 6.07 Å². The van der Waals surface area contributed by atoms with E-state index in [-0.39, 0.29) is 24.6 Å². The minimum atomic E-state index is -0.960. The van der Waals surface area contributed by atoms with Gasteiger partial charge in [0, 0.05) is 6.54 Å². The van der Waals surface area contributed by atoms with Crippen LogP contribution in [-0.4, -0.2) is 52.7 Å². The number of amides is 1. The number of nitrogens with zero attached hydrogens (tertiary/aromatic N) is 2. The Bertz CT molecular complexity index is 474. The van der Waals surface area contributed by atoms with Gasteiger partial charge >= 0.3 is 5.97 Å². The van der Waals surface area contributed by atoms with Crippen molar-refractivity contribution >= 4 is 17.6 Å². The largest absolute Gasteiger partial charge is 0.481 e. The van der Waals surface area contributed by atoms with Crippen LogP contribution in [-0.2, 0) is 9.53 Å². The average molecular weight is 265 g/mol. The van der Waals surface area contributed by atoms with E-state index in [4.69, 9.17) is 15.6 Å². The minimum Gasteiger partial charge on any atom is -0.481 e. The number of nitrogens with two attached hydrogens (primary N) is 1. The Kier molecular flexibility index (Phi) is 3.96. The molecule has 0 aromatic carbocycles. The number of aromatic nitrogens is 1. The van der Waals surface area contributed by atoms with Crippen LogP contribution >= 0.6 is 0 Å². The van der Waals surface area contributed by atoms with Crippen molar-refractivity contribution in [3.8, 4) is 0 Å². The van der Waals surface area contributed by atoms with Crippen molar-refractivity contribution in [1.82, 2.24) is 9.88 Å². The van der Waals surface area contributed by atoms with Crippen molar-refractivity contribution in [2.45, 2.75) is 12.5 Å². The summed E-state index contributed by atoms with van der Waals surface area (Å²) in [6.45, 7) is 0.993. The highest BCUT2D eigenvalue weighted by Gasteiger charge is 2.30. The third-order valence-electron chi connectivity index (χ3n) is 2.90. The second kappa shape index (κ2) is 5.66. The summed E-state index contributed by atoms with van der Waals surface area (Å²) >= 11 is 0. The fraction of sp³-hybridized carbons (Fsp3) is 0.417. The lowest BCUT2D eigenvalue weighted by atomic mass is 10.1. The highest BCUT2D eigenvalue weighted by molar-refractivity contribution is 5.93. The first-order valence-corrected chi connectivity index (χ1v) is 5.90. The minimum absolute atomic E-state index is 0.138. The molecule has 7 nitrogen and oxygen atoms in total. The van der Waals surface area contributed by atoms with Crippen LogP contribution in [0.15, 0.2) is 18.3 Å². The third-order valence-corrected chi connectivity index (χ3v) is 2.90. The van der Waals surface area contributed by atoms with Crippen LogP contribution < -0.4 is 5.73 Å². The topological polar surface area (TPSA) is 106 Å². The predicted octanol–water partition coefficient (Wildman–Crippen LogP) is -0.0205. The van der Waals surface area contributed by atoms with E-state index < -0.39 is 12.0 Å². The van der Waals surface area contributed by atoms with Crippen LogP contribution in [0.5, 0.6) is 0 Å². The van der Waals surface area contributed by atoms with Gasteiger partial charge in [0.2, 0.25) is 0 Å². The molecular weight excluding hydrogens is 250 g/mol. The van der Waals surface area contributed by atoms with Gasteiger partial charge in [0.25, 0.3) is 5.91 Å². The molecular formula is C12H15N3O4. The van der Waals surface area contributed by atoms with Gasteiger partial charge in [-0.05, 0) is 12.1 Å². The van der Waals surface area contributed by atoms with Crippen molar-refractivity contribution < 1.29 is 19.4 Å². The number of carboxylic acid groups (broad SMARTS) is 1. The Morgan fingerprint density at radius 2 is 2.32 bits per heavy atom. The molecule has 1 saturated heterocycles. The summed E-state index contributed by atoms with van der Waals surface area (Å²) in [5, 5.41) is 8.85. The number of carboxylic acids is 1. The Hall–Kier alpha value is -2.15. The SMILES string of the molecule is Nc1ccc(C(=O)N2CCOCC2CC(=O)O)nc1. The summed E-state index contributed by atoms with van der Waals surface area (Å²) in [7, 11) is 0. The number of nitrogen functional groups attached to an aromatic ring is 1. The van der Waals surface area contributed by atoms with Gasteiger partial charge in [0.1, 0.15) is 5.69 Å². The molecule has 102 valence electrons. The van der Waals surface area contributed by atoms with Crippen molar-refractivity contribution in [3.05, 3.63) is 24.0 Å². The molecule has 2 heterocycles. The van der Waals surface area contributed by atoms with Crippen LogP contribution in [0.4, 0.5) is 5.69 Å². The van der Waals surface area contributed by atoms with Crippen LogP contribution in [0.2, 0.25) is 0 Å². The number of aliphatic carboxylic acids is 1. The molecule has 2 rings (SSSR count). The number of pyridine rings is 1. The van der Waals surface area contributed by atoms with Crippen LogP contribution in [0.25, 0.3) is 0 Å². The first-order chi connectivity index (χ1) is 9.08. The summed E-state index contributed by atoms with van der Waals surface area (Å²) in [5.41, 5.74) is 6.24. The predicted molar refractivity (Wildman–Crippen MR) is 66.5 cm³/mol. The van der Waals surface area contributed by atoms with E-state index in [2.05, 4.69) is 4.98 Å². The maximum Gasteiger partial charge on any atom is 0.305 e. The number of ether oxygens (including phenoxy) is 1. The first kappa shape index (κ1) is 13.3. The van der Waals surface area contributed by atoms with Gasteiger partial charge in [-0.1, -0.05) is 0 Å². The van der Waals surface area contributed by atoms with Gasteiger partial charge in [-0.3, -0.25) is 9.59 Å². The zero-order chi connectivity index (χ0) is 13.8. The van der Waals surface area contributed by atoms with E-state index in [1.165, 1.54) is 17.2 Å². The molecule has 0 saturated carbocycles. The van der Waals surface area contributed by atoms with Crippen LogP contribution in [0, 0.1) is 0 Å². The quantitative estimate of drug-likeness (QED) is 0.795. The summed E-state index contributed by atoms with van der Waals surface area (Å²) < 4.78 is 5.22. The van der Waals surface area contributed by atoms with E-state index in [9.17, 15) is 9.59 Å². The van der Waals surface area contributed by atoms with Gasteiger partial charge in [0.15, 0.2) is 0 Å². The van der Waals surface area contributed by atoms with E-state index >= 15 is 0 Å². The summed E-state index contributed by atoms with van der Waals surface area (Å²) in [5.74, 6) is -1.26. The molecule has 1 aromatic rings. The number of morpholine rings is 1. The molecule has 19 heavy (non-hydrogen) atoms. The average Bonchev–Trinajstić information content (AvgIpc) is 2.39. The van der Waals surface area contributed by atoms with Crippen molar-refractivity contribution in [2.75, 3.05) is 25.5 Å². The third kappa shape index (κ3) is 3.19. The molecule has 1 unspecified atom stereocenters. The van der Waals surface area contributed by atoms with Gasteiger partial charge in [-0.25, -0.2) is 4.98 Å². The molecule has 1 aromatic heterocycles. The second-order valence-electron chi connectivity index (χ2n) is 4.30. The first-order valence-electron chi connectivity index (χ1n) is 5.90. The molecule has 0 radical (unpaired) electrons. The lowest BCUT2D eigenvalue weighted by Crippen LogP contribution is -2.49. The van der Waals surface area contributed by atoms with Gasteiger partial charge in [-0.2, -0.15) is 0 Å². The van der Waals surface area contributed by atoms with Crippen LogP contribution in [0.1, 0.15) is 16.9 Å². The normalized spacial score (nSPS) is 19.2. The highest BCUT2D eigenvalue weighted by atomic mass is 16.5. The number of rotatable bonds is 3. The van der Waals surface area contributed by atoms with E-state index in [0.717, 1.165) is 0 Å². The molecule has 1 aliphatic heterocycles. The Morgan fingerprint density at radius 3 is 2.95 bits per heavy atom. The van der Waals surface area contributed by atoms with Gasteiger partial charge in [0.05, 0.1) is 37.6 Å². The zero-order valence-corrected chi connectivity index (χ0v) is 10.3. The van der Waals surface area contributed by atoms with Gasteiger partial charge in [-0.15, -0.1) is 0 Å². The maximum absolute atomic E-state index is 12.3. The van der Waals surface area contributed by atoms with E-state index in [1.807, 2.05) is 0 Å². The van der Waals surface area contributed by atoms with Crippen molar-refractivity contribution in [2.24, 2.45) is 0 Å². The van der Waals surface area contributed by atoms with Crippen LogP contribution in [0.3, 0.4) is 0 Å². The summed E-state index contributed by atoms with van der Waals surface area (Å²) in [6, 6.07) is 2.66. The van der Waals surface area contributed by atoms with Crippen molar-refractivity contribution in [3.63, 3.8) is 0 Å². The highest BCUT2D eigenvalue weighted by Crippen LogP contribution is 2.14. The molecule has 1 atom stereocenters. The summed E-state index contributed by atoms with van der Waals surface area (Å²) in [6.07, 6.45) is 1.26. The molecule has 7 heteroatoms. The van der Waals surface area contributed by atoms with Crippen molar-refractivity contribution in [1.29, 1.82) is 0 Å². The fourth-order valence-electron chi connectivity index (χ4n) is 1.97. The number of anilines is 1. The van der Waals surface area contributed by atoms with Gasteiger partial charge < -0.3 is 20.5 Å². The Labute approximate surface area is 110 Å². The Balaban J connectivity index is 2.15. The molecule has 1 aliphatic rings. The van der Waals surface area contributed by atoms with E-state index in [0.29, 0.717) is 18.8 Å². The maximum atomic E-state index is 12.3. The Morgan fingerprint density at radius 1 is 1.53 bits per heavy atom. The smallest absolute Gasteiger partial charge is 0.305 e. The number of carbonyl (C=O) groups excluding carboxylic acids is 1. The number of hydrogen-bond donors (Lipinski definition) is 2. The lowest BCUT2D eigenvalue weighted by Gasteiger charge is -2.34. The lowest BCUT2D eigenvalue weighted by molar-refractivity contribution is -0.139. The standard InChI is InChI=1S/C12H15N3O4/c13-8-1-2-10(14-6-8)12(18)15-3-4-19-7-9(15)5-11(16)17/h1-2,6,9H,3-5,7,13H2,(H,16,17). The molecule has 0 aliphatic carbocycles. The number of carbonyl (C=O) groups is 2. The fourth-order valence-corrected chi connectivity index (χ4v) is 1.97. The number of hydrogen-bond acceptors (Lipinski definition) is 5. The molecule has 0 spiro atoms. The molecule has 1 fully saturated rings. The zero-order valence-electron chi connectivity index (χ0n) is 10.3. The second-order valence-corrected chi connectivity index (χ2v) is 4.30. The molecule has 1 amide bonds. The monoisotopic (exact) mass is 265 g/mol. The summed E-state index contributed by atoms with van der Waals surface area (Å²) in [4.78, 5) is 28.5. The molecule has 0 bridgehead atoms. The molecule has 3 N–H and O–H groups in total.